The molecule has 18 heavy (non-hydrogen) atoms. The van der Waals surface area contributed by atoms with E-state index in [4.69, 9.17) is 0 Å². The number of piperidine rings is 1. The van der Waals surface area contributed by atoms with Gasteiger partial charge in [-0.2, -0.15) is 0 Å². The van der Waals surface area contributed by atoms with Crippen LogP contribution in [0.3, 0.4) is 0 Å². The van der Waals surface area contributed by atoms with Crippen LogP contribution in [-0.2, 0) is 0 Å². The molecule has 1 N–H and O–H groups in total. The first-order chi connectivity index (χ1) is 8.69. The van der Waals surface area contributed by atoms with Crippen molar-refractivity contribution in [3.05, 3.63) is 35.4 Å². The molecule has 0 saturated carbocycles. The summed E-state index contributed by atoms with van der Waals surface area (Å²) in [6, 6.07) is 8.23. The van der Waals surface area contributed by atoms with Crippen molar-refractivity contribution in [2.24, 2.45) is 5.92 Å². The van der Waals surface area contributed by atoms with E-state index in [2.05, 4.69) is 30.9 Å². The van der Waals surface area contributed by atoms with E-state index in [9.17, 15) is 5.11 Å². The highest BCUT2D eigenvalue weighted by Crippen LogP contribution is 2.22. The summed E-state index contributed by atoms with van der Waals surface area (Å²) in [6.45, 7) is 7.41. The van der Waals surface area contributed by atoms with Gasteiger partial charge in [-0.05, 0) is 37.8 Å². The summed E-state index contributed by atoms with van der Waals surface area (Å²) in [5.74, 6) is 0.823. The quantitative estimate of drug-likeness (QED) is 0.883. The molecule has 100 valence electrons. The number of β-amino-alcohol motifs (C(OH)–C–C–N with tert-alkyl or cyclic N) is 1. The Kier molecular flexibility index (Phi) is 4.79. The summed E-state index contributed by atoms with van der Waals surface area (Å²) in [7, 11) is 0. The maximum Gasteiger partial charge on any atom is 0.0916 e. The molecule has 2 rings (SSSR count). The zero-order valence-electron chi connectivity index (χ0n) is 11.6. The third-order valence-electron chi connectivity index (χ3n) is 4.07. The maximum absolute atomic E-state index is 10.3. The molecule has 1 fully saturated rings. The molecule has 0 amide bonds. The summed E-state index contributed by atoms with van der Waals surface area (Å²) in [5, 5.41) is 10.3. The summed E-state index contributed by atoms with van der Waals surface area (Å²) >= 11 is 0. The highest BCUT2D eigenvalue weighted by atomic mass is 16.3. The van der Waals surface area contributed by atoms with Gasteiger partial charge in [0.05, 0.1) is 6.10 Å². The number of hydrogen-bond donors (Lipinski definition) is 1. The van der Waals surface area contributed by atoms with Crippen LogP contribution in [0.1, 0.15) is 43.4 Å². The summed E-state index contributed by atoms with van der Waals surface area (Å²) in [4.78, 5) is 2.42. The fourth-order valence-electron chi connectivity index (χ4n) is 2.79. The summed E-state index contributed by atoms with van der Waals surface area (Å²) in [5.41, 5.74) is 2.29. The van der Waals surface area contributed by atoms with E-state index in [-0.39, 0.29) is 6.10 Å². The average molecular weight is 247 g/mol. The number of aliphatic hydroxyl groups excluding tert-OH is 1. The van der Waals surface area contributed by atoms with Gasteiger partial charge in [0, 0.05) is 13.1 Å². The van der Waals surface area contributed by atoms with Crippen molar-refractivity contribution in [1.29, 1.82) is 0 Å². The highest BCUT2D eigenvalue weighted by molar-refractivity contribution is 5.23. The zero-order chi connectivity index (χ0) is 13.0. The second kappa shape index (κ2) is 6.35. The van der Waals surface area contributed by atoms with Crippen molar-refractivity contribution in [2.75, 3.05) is 19.6 Å². The van der Waals surface area contributed by atoms with Gasteiger partial charge in [0.15, 0.2) is 0 Å². The molecule has 1 heterocycles. The SMILES string of the molecule is CCC1CCCN(CC(O)c2ccc(C)cc2)C1. The van der Waals surface area contributed by atoms with Crippen LogP contribution in [-0.4, -0.2) is 29.6 Å². The average Bonchev–Trinajstić information content (AvgIpc) is 2.39. The van der Waals surface area contributed by atoms with Crippen LogP contribution < -0.4 is 0 Å². The molecular weight excluding hydrogens is 222 g/mol. The van der Waals surface area contributed by atoms with Crippen LogP contribution in [0.25, 0.3) is 0 Å². The standard InChI is InChI=1S/C16H25NO/c1-3-14-5-4-10-17(11-14)12-16(18)15-8-6-13(2)7-9-15/h6-9,14,16,18H,3-5,10-12H2,1-2H3. The minimum absolute atomic E-state index is 0.346. The first-order valence-electron chi connectivity index (χ1n) is 7.16. The number of rotatable bonds is 4. The number of aryl methyl sites for hydroxylation is 1. The van der Waals surface area contributed by atoms with E-state index < -0.39 is 0 Å². The van der Waals surface area contributed by atoms with Crippen molar-refractivity contribution in [3.63, 3.8) is 0 Å². The van der Waals surface area contributed by atoms with Crippen LogP contribution in [0.5, 0.6) is 0 Å². The van der Waals surface area contributed by atoms with E-state index in [0.717, 1.165) is 31.1 Å². The van der Waals surface area contributed by atoms with Crippen LogP contribution >= 0.6 is 0 Å². The topological polar surface area (TPSA) is 23.5 Å². The maximum atomic E-state index is 10.3. The Bertz CT molecular complexity index is 360. The Balaban J connectivity index is 1.90. The lowest BCUT2D eigenvalue weighted by molar-refractivity contribution is 0.0836. The van der Waals surface area contributed by atoms with Crippen molar-refractivity contribution >= 4 is 0 Å². The van der Waals surface area contributed by atoms with Gasteiger partial charge >= 0.3 is 0 Å². The first-order valence-corrected chi connectivity index (χ1v) is 7.16. The van der Waals surface area contributed by atoms with Gasteiger partial charge < -0.3 is 10.0 Å². The Hall–Kier alpha value is -0.860. The lowest BCUT2D eigenvalue weighted by Crippen LogP contribution is -2.37. The molecule has 2 heteroatoms. The molecule has 2 atom stereocenters. The van der Waals surface area contributed by atoms with Crippen molar-refractivity contribution in [3.8, 4) is 0 Å². The molecule has 1 aromatic carbocycles. The number of hydrogen-bond acceptors (Lipinski definition) is 2. The molecule has 1 aliphatic rings. The molecule has 2 nitrogen and oxygen atoms in total. The van der Waals surface area contributed by atoms with Gasteiger partial charge in [-0.15, -0.1) is 0 Å². The van der Waals surface area contributed by atoms with E-state index in [0.29, 0.717) is 0 Å². The van der Waals surface area contributed by atoms with Crippen LogP contribution in [0.4, 0.5) is 0 Å². The van der Waals surface area contributed by atoms with Gasteiger partial charge in [-0.3, -0.25) is 0 Å². The number of likely N-dealkylation sites (tertiary alicyclic amines) is 1. The molecule has 0 radical (unpaired) electrons. The second-order valence-electron chi connectivity index (χ2n) is 5.60. The smallest absolute Gasteiger partial charge is 0.0916 e. The monoisotopic (exact) mass is 247 g/mol. The summed E-state index contributed by atoms with van der Waals surface area (Å²) in [6.07, 6.45) is 3.55. The lowest BCUT2D eigenvalue weighted by Gasteiger charge is -2.33. The fraction of sp³-hybridized carbons (Fsp3) is 0.625. The van der Waals surface area contributed by atoms with E-state index in [1.54, 1.807) is 0 Å². The molecule has 0 spiro atoms. The third kappa shape index (κ3) is 3.56. The Morgan fingerprint density at radius 3 is 2.72 bits per heavy atom. The minimum atomic E-state index is -0.346. The van der Waals surface area contributed by atoms with E-state index in [1.807, 2.05) is 12.1 Å². The van der Waals surface area contributed by atoms with Gasteiger partial charge in [-0.25, -0.2) is 0 Å². The summed E-state index contributed by atoms with van der Waals surface area (Å²) < 4.78 is 0. The van der Waals surface area contributed by atoms with Gasteiger partial charge in [0.2, 0.25) is 0 Å². The Labute approximate surface area is 111 Å². The Morgan fingerprint density at radius 2 is 2.06 bits per heavy atom. The van der Waals surface area contributed by atoms with Crippen molar-refractivity contribution in [2.45, 2.75) is 39.2 Å². The third-order valence-corrected chi connectivity index (χ3v) is 4.07. The molecule has 1 saturated heterocycles. The molecule has 0 aliphatic carbocycles. The first kappa shape index (κ1) is 13.6. The number of nitrogens with zero attached hydrogens (tertiary/aromatic N) is 1. The minimum Gasteiger partial charge on any atom is -0.387 e. The molecular formula is C16H25NO. The van der Waals surface area contributed by atoms with Crippen molar-refractivity contribution in [1.82, 2.24) is 4.90 Å². The normalized spacial score (nSPS) is 22.9. The Morgan fingerprint density at radius 1 is 1.33 bits per heavy atom. The largest absolute Gasteiger partial charge is 0.387 e. The van der Waals surface area contributed by atoms with Crippen LogP contribution in [0.15, 0.2) is 24.3 Å². The lowest BCUT2D eigenvalue weighted by atomic mass is 9.95. The predicted octanol–water partition coefficient (Wildman–Crippen LogP) is 3.15. The molecule has 1 aliphatic heterocycles. The van der Waals surface area contributed by atoms with Gasteiger partial charge in [-0.1, -0.05) is 43.2 Å². The zero-order valence-corrected chi connectivity index (χ0v) is 11.6. The second-order valence-corrected chi connectivity index (χ2v) is 5.60. The van der Waals surface area contributed by atoms with E-state index in [1.165, 1.54) is 24.8 Å². The molecule has 0 aromatic heterocycles. The van der Waals surface area contributed by atoms with Crippen LogP contribution in [0.2, 0.25) is 0 Å². The van der Waals surface area contributed by atoms with Crippen molar-refractivity contribution < 1.29 is 5.11 Å². The molecule has 1 aromatic rings. The number of aliphatic hydroxyl groups is 1. The number of benzene rings is 1. The van der Waals surface area contributed by atoms with Crippen LogP contribution in [0, 0.1) is 12.8 Å². The fourth-order valence-corrected chi connectivity index (χ4v) is 2.79. The predicted molar refractivity (Wildman–Crippen MR) is 75.6 cm³/mol. The van der Waals surface area contributed by atoms with Gasteiger partial charge in [0.1, 0.15) is 0 Å². The van der Waals surface area contributed by atoms with Gasteiger partial charge in [0.25, 0.3) is 0 Å². The van der Waals surface area contributed by atoms with E-state index >= 15 is 0 Å². The molecule has 0 bridgehead atoms. The highest BCUT2D eigenvalue weighted by Gasteiger charge is 2.20. The molecule has 2 unspecified atom stereocenters.